The number of H-pyrrole nitrogens is 1. The van der Waals surface area contributed by atoms with E-state index in [4.69, 9.17) is 0 Å². The smallest absolute Gasteiger partial charge is 0.150 e. The minimum absolute atomic E-state index is 0.412. The Bertz CT molecular complexity index is 760. The van der Waals surface area contributed by atoms with Crippen LogP contribution < -0.4 is 5.32 Å². The largest absolute Gasteiger partial charge is 0.316 e. The van der Waals surface area contributed by atoms with Gasteiger partial charge in [0.25, 0.3) is 0 Å². The van der Waals surface area contributed by atoms with Crippen molar-refractivity contribution in [1.29, 1.82) is 0 Å². The van der Waals surface area contributed by atoms with Crippen molar-refractivity contribution in [3.8, 4) is 11.3 Å². The molecule has 0 spiro atoms. The second kappa shape index (κ2) is 5.31. The number of hydrogen-bond donors (Lipinski definition) is 2. The maximum atomic E-state index is 11.2. The predicted octanol–water partition coefficient (Wildman–Crippen LogP) is 3.12. The van der Waals surface area contributed by atoms with E-state index in [0.29, 0.717) is 12.0 Å². The van der Waals surface area contributed by atoms with Gasteiger partial charge in [-0.15, -0.1) is 0 Å². The van der Waals surface area contributed by atoms with E-state index in [1.54, 1.807) is 0 Å². The van der Waals surface area contributed by atoms with Crippen LogP contribution in [0.5, 0.6) is 0 Å². The van der Waals surface area contributed by atoms with Gasteiger partial charge in [0.05, 0.1) is 5.69 Å². The third-order valence-corrected chi connectivity index (χ3v) is 5.59. The quantitative estimate of drug-likeness (QED) is 0.834. The van der Waals surface area contributed by atoms with Gasteiger partial charge in [-0.3, -0.25) is 9.89 Å². The molecule has 2 aliphatic carbocycles. The van der Waals surface area contributed by atoms with Crippen LogP contribution >= 0.6 is 0 Å². The van der Waals surface area contributed by atoms with Gasteiger partial charge in [-0.05, 0) is 55.7 Å². The third kappa shape index (κ3) is 2.41. The number of rotatable bonds is 5. The molecule has 1 aromatic heterocycles. The first-order valence-electron chi connectivity index (χ1n) is 8.44. The molecule has 2 aliphatic rings. The summed E-state index contributed by atoms with van der Waals surface area (Å²) in [4.78, 5) is 11.2. The van der Waals surface area contributed by atoms with Crippen molar-refractivity contribution < 1.29 is 4.79 Å². The van der Waals surface area contributed by atoms with Crippen LogP contribution in [0, 0.1) is 11.3 Å². The SMILES string of the molecule is CNCc1cc(-c2n[nH]c3c2CC(C)(C2CC2)C3)ccc1C=O. The summed E-state index contributed by atoms with van der Waals surface area (Å²) in [5.41, 5.74) is 7.06. The molecule has 1 aromatic carbocycles. The van der Waals surface area contributed by atoms with E-state index >= 15 is 0 Å². The molecule has 1 unspecified atom stereocenters. The average Bonchev–Trinajstić information content (AvgIpc) is 3.26. The highest BCUT2D eigenvalue weighted by molar-refractivity contribution is 5.80. The Morgan fingerprint density at radius 3 is 2.91 bits per heavy atom. The molecule has 2 aromatic rings. The van der Waals surface area contributed by atoms with E-state index in [9.17, 15) is 4.79 Å². The summed E-state index contributed by atoms with van der Waals surface area (Å²) >= 11 is 0. The Hall–Kier alpha value is -1.94. The summed E-state index contributed by atoms with van der Waals surface area (Å²) in [6.45, 7) is 3.11. The third-order valence-electron chi connectivity index (χ3n) is 5.59. The van der Waals surface area contributed by atoms with Crippen molar-refractivity contribution in [2.45, 2.75) is 39.2 Å². The lowest BCUT2D eigenvalue weighted by Crippen LogP contribution is -2.19. The molecule has 1 atom stereocenters. The number of hydrogen-bond acceptors (Lipinski definition) is 3. The summed E-state index contributed by atoms with van der Waals surface area (Å²) in [5, 5.41) is 11.0. The number of nitrogens with one attached hydrogen (secondary N) is 2. The van der Waals surface area contributed by atoms with Gasteiger partial charge < -0.3 is 5.32 Å². The molecule has 4 rings (SSSR count). The Labute approximate surface area is 136 Å². The van der Waals surface area contributed by atoms with E-state index in [0.717, 1.165) is 47.4 Å². The maximum Gasteiger partial charge on any atom is 0.150 e. The van der Waals surface area contributed by atoms with Gasteiger partial charge in [0.2, 0.25) is 0 Å². The lowest BCUT2D eigenvalue weighted by molar-refractivity contribution is 0.112. The van der Waals surface area contributed by atoms with E-state index in [-0.39, 0.29) is 0 Å². The zero-order valence-corrected chi connectivity index (χ0v) is 13.8. The van der Waals surface area contributed by atoms with Gasteiger partial charge >= 0.3 is 0 Å². The van der Waals surface area contributed by atoms with Crippen LogP contribution in [0.4, 0.5) is 0 Å². The molecule has 23 heavy (non-hydrogen) atoms. The summed E-state index contributed by atoms with van der Waals surface area (Å²) in [7, 11) is 1.90. The molecule has 0 amide bonds. The molecular weight excluding hydrogens is 286 g/mol. The van der Waals surface area contributed by atoms with Crippen LogP contribution in [0.1, 0.15) is 46.9 Å². The van der Waals surface area contributed by atoms with Gasteiger partial charge in [0.1, 0.15) is 6.29 Å². The number of aromatic nitrogens is 2. The van der Waals surface area contributed by atoms with Gasteiger partial charge in [-0.25, -0.2) is 0 Å². The number of aldehydes is 1. The average molecular weight is 309 g/mol. The van der Waals surface area contributed by atoms with Gasteiger partial charge in [-0.2, -0.15) is 5.10 Å². The minimum atomic E-state index is 0.412. The van der Waals surface area contributed by atoms with Crippen molar-refractivity contribution in [2.75, 3.05) is 7.05 Å². The Balaban J connectivity index is 1.71. The first-order valence-corrected chi connectivity index (χ1v) is 8.44. The van der Waals surface area contributed by atoms with Crippen molar-refractivity contribution in [2.24, 2.45) is 11.3 Å². The molecule has 0 bridgehead atoms. The highest BCUT2D eigenvalue weighted by Gasteiger charge is 2.46. The monoisotopic (exact) mass is 309 g/mol. The van der Waals surface area contributed by atoms with E-state index in [2.05, 4.69) is 28.5 Å². The molecule has 1 heterocycles. The van der Waals surface area contributed by atoms with Crippen molar-refractivity contribution in [3.05, 3.63) is 40.6 Å². The Morgan fingerprint density at radius 2 is 2.22 bits per heavy atom. The van der Waals surface area contributed by atoms with Crippen LogP contribution in [0.2, 0.25) is 0 Å². The normalized spacial score (nSPS) is 23.0. The summed E-state index contributed by atoms with van der Waals surface area (Å²) in [5.74, 6) is 0.883. The van der Waals surface area contributed by atoms with Crippen LogP contribution in [0.15, 0.2) is 18.2 Å². The summed E-state index contributed by atoms with van der Waals surface area (Å²) in [6, 6.07) is 6.03. The highest BCUT2D eigenvalue weighted by Crippen LogP contribution is 2.53. The highest BCUT2D eigenvalue weighted by atomic mass is 16.1. The van der Waals surface area contributed by atoms with E-state index in [1.807, 2.05) is 19.2 Å². The number of nitrogens with zero attached hydrogens (tertiary/aromatic N) is 1. The number of carbonyl (C=O) groups excluding carboxylic acids is 1. The van der Waals surface area contributed by atoms with Crippen molar-refractivity contribution >= 4 is 6.29 Å². The molecule has 120 valence electrons. The minimum Gasteiger partial charge on any atom is -0.316 e. The summed E-state index contributed by atoms with van der Waals surface area (Å²) < 4.78 is 0. The molecule has 2 N–H and O–H groups in total. The van der Waals surface area contributed by atoms with Crippen LogP contribution in [0.25, 0.3) is 11.3 Å². The van der Waals surface area contributed by atoms with E-state index < -0.39 is 0 Å². The summed E-state index contributed by atoms with van der Waals surface area (Å²) in [6.07, 6.45) is 5.93. The zero-order chi connectivity index (χ0) is 16.0. The molecule has 4 heteroatoms. The second-order valence-corrected chi connectivity index (χ2v) is 7.37. The molecular formula is C19H23N3O. The zero-order valence-electron chi connectivity index (χ0n) is 13.8. The van der Waals surface area contributed by atoms with Crippen molar-refractivity contribution in [1.82, 2.24) is 15.5 Å². The first kappa shape index (κ1) is 14.6. The number of carbonyl (C=O) groups is 1. The van der Waals surface area contributed by atoms with E-state index in [1.165, 1.54) is 24.1 Å². The Kier molecular flexibility index (Phi) is 3.38. The van der Waals surface area contributed by atoms with Crippen LogP contribution in [0.3, 0.4) is 0 Å². The van der Waals surface area contributed by atoms with Crippen LogP contribution in [-0.4, -0.2) is 23.5 Å². The maximum absolute atomic E-state index is 11.2. The second-order valence-electron chi connectivity index (χ2n) is 7.37. The fourth-order valence-corrected chi connectivity index (χ4v) is 4.13. The van der Waals surface area contributed by atoms with Gasteiger partial charge in [0, 0.05) is 28.9 Å². The van der Waals surface area contributed by atoms with Crippen LogP contribution in [-0.2, 0) is 19.4 Å². The molecule has 1 saturated carbocycles. The topological polar surface area (TPSA) is 57.8 Å². The number of fused-ring (bicyclic) bond motifs is 1. The van der Waals surface area contributed by atoms with Gasteiger partial charge in [-0.1, -0.05) is 19.1 Å². The first-order chi connectivity index (χ1) is 11.1. The Morgan fingerprint density at radius 1 is 1.39 bits per heavy atom. The molecule has 0 saturated heterocycles. The number of benzene rings is 1. The van der Waals surface area contributed by atoms with Crippen molar-refractivity contribution in [3.63, 3.8) is 0 Å². The molecule has 1 fully saturated rings. The molecule has 4 nitrogen and oxygen atoms in total. The van der Waals surface area contributed by atoms with Gasteiger partial charge in [0.15, 0.2) is 0 Å². The molecule has 0 radical (unpaired) electrons. The standard InChI is InChI=1S/C19H23N3O/c1-19(15-5-6-15)8-16-17(9-19)21-22-18(16)12-3-4-13(11-23)14(7-12)10-20-2/h3-4,7,11,15,20H,5-6,8-10H2,1-2H3,(H,21,22). The lowest BCUT2D eigenvalue weighted by atomic mass is 9.82. The predicted molar refractivity (Wildman–Crippen MR) is 90.4 cm³/mol. The number of aromatic amines is 1. The fraction of sp³-hybridized carbons (Fsp3) is 0.474. The molecule has 0 aliphatic heterocycles. The fourth-order valence-electron chi connectivity index (χ4n) is 4.13. The lowest BCUT2D eigenvalue weighted by Gasteiger charge is -2.23.